The Kier molecular flexibility index (Phi) is 3.03. The van der Waals surface area contributed by atoms with Crippen LogP contribution in [0.15, 0.2) is 12.7 Å². The van der Waals surface area contributed by atoms with Gasteiger partial charge in [-0.3, -0.25) is 4.57 Å². The van der Waals surface area contributed by atoms with Crippen LogP contribution in [0.1, 0.15) is 6.23 Å². The van der Waals surface area contributed by atoms with E-state index in [1.165, 1.54) is 17.2 Å². The molecule has 0 amide bonds. The van der Waals surface area contributed by atoms with Crippen LogP contribution < -0.4 is 5.73 Å². The molecule has 9 heteroatoms. The Morgan fingerprint density at radius 3 is 2.81 bits per heavy atom. The van der Waals surface area contributed by atoms with Gasteiger partial charge < -0.3 is 25.8 Å². The van der Waals surface area contributed by atoms with Crippen molar-refractivity contribution in [2.75, 3.05) is 12.3 Å². The van der Waals surface area contributed by atoms with Gasteiger partial charge in [-0.25, -0.2) is 15.0 Å². The molecule has 0 saturated carbocycles. The number of hydrogen-bond acceptors (Lipinski definition) is 8. The van der Waals surface area contributed by atoms with Gasteiger partial charge in [-0.15, -0.1) is 6.42 Å². The van der Waals surface area contributed by atoms with Crippen LogP contribution in [0.2, 0.25) is 0 Å². The number of nitrogens with two attached hydrogens (primary N) is 1. The normalized spacial score (nSPS) is 32.4. The van der Waals surface area contributed by atoms with E-state index in [-0.39, 0.29) is 5.82 Å². The first-order chi connectivity index (χ1) is 10.0. The van der Waals surface area contributed by atoms with Gasteiger partial charge in [-0.2, -0.15) is 0 Å². The maximum absolute atomic E-state index is 10.2. The Bertz CT molecular complexity index is 726. The molecule has 0 bridgehead atoms. The number of aliphatic hydroxyl groups is 3. The van der Waals surface area contributed by atoms with E-state index in [1.54, 1.807) is 0 Å². The summed E-state index contributed by atoms with van der Waals surface area (Å²) in [7, 11) is 0. The molecule has 1 aliphatic rings. The quantitative estimate of drug-likeness (QED) is 0.467. The highest BCUT2D eigenvalue weighted by Gasteiger charge is 2.54. The molecule has 9 nitrogen and oxygen atoms in total. The summed E-state index contributed by atoms with van der Waals surface area (Å²) in [6, 6.07) is 0. The van der Waals surface area contributed by atoms with Gasteiger partial charge in [0, 0.05) is 0 Å². The molecule has 0 aliphatic carbocycles. The molecule has 1 saturated heterocycles. The summed E-state index contributed by atoms with van der Waals surface area (Å²) in [4.78, 5) is 11.9. The molecule has 0 spiro atoms. The summed E-state index contributed by atoms with van der Waals surface area (Å²) >= 11 is 0. The fourth-order valence-corrected chi connectivity index (χ4v) is 2.36. The third-order valence-corrected chi connectivity index (χ3v) is 3.56. The predicted octanol–water partition coefficient (Wildman–Crippen LogP) is -1.98. The highest BCUT2D eigenvalue weighted by molar-refractivity contribution is 5.81. The number of ether oxygens (including phenoxy) is 1. The summed E-state index contributed by atoms with van der Waals surface area (Å²) in [6.07, 6.45) is 4.04. The van der Waals surface area contributed by atoms with Crippen LogP contribution in [-0.2, 0) is 4.74 Å². The number of aromatic nitrogens is 4. The number of anilines is 1. The molecule has 4 atom stereocenters. The number of fused-ring (bicyclic) bond motifs is 1. The predicted molar refractivity (Wildman–Crippen MR) is 70.5 cm³/mol. The summed E-state index contributed by atoms with van der Waals surface area (Å²) in [5.41, 5.74) is 4.66. The van der Waals surface area contributed by atoms with E-state index in [0.717, 1.165) is 0 Å². The van der Waals surface area contributed by atoms with Crippen LogP contribution in [0, 0.1) is 12.3 Å². The lowest BCUT2D eigenvalue weighted by atomic mass is 9.97. The first-order valence-corrected chi connectivity index (χ1v) is 6.09. The fraction of sp³-hybridized carbons (Fsp3) is 0.417. The van der Waals surface area contributed by atoms with E-state index < -0.39 is 30.6 Å². The minimum absolute atomic E-state index is 0.178. The first kappa shape index (κ1) is 13.7. The van der Waals surface area contributed by atoms with Crippen LogP contribution in [0.4, 0.5) is 5.82 Å². The third-order valence-electron chi connectivity index (χ3n) is 3.56. The number of rotatable bonds is 2. The molecular formula is C12H13N5O4. The second-order valence-corrected chi connectivity index (χ2v) is 4.72. The maximum Gasteiger partial charge on any atom is 0.182 e. The minimum Gasteiger partial charge on any atom is -0.392 e. The molecule has 2 aromatic heterocycles. The molecule has 1 fully saturated rings. The van der Waals surface area contributed by atoms with Crippen molar-refractivity contribution in [2.45, 2.75) is 24.0 Å². The lowest BCUT2D eigenvalue weighted by Gasteiger charge is -2.23. The maximum atomic E-state index is 10.2. The van der Waals surface area contributed by atoms with Crippen LogP contribution >= 0.6 is 0 Å². The lowest BCUT2D eigenvalue weighted by molar-refractivity contribution is -0.0911. The Morgan fingerprint density at radius 2 is 2.19 bits per heavy atom. The highest BCUT2D eigenvalue weighted by atomic mass is 16.6. The van der Waals surface area contributed by atoms with Crippen molar-refractivity contribution < 1.29 is 20.1 Å². The van der Waals surface area contributed by atoms with Gasteiger partial charge in [-0.05, 0) is 0 Å². The summed E-state index contributed by atoms with van der Waals surface area (Å²) in [5, 5.41) is 29.6. The SMILES string of the molecule is C#C[C@]1(CO)O[C@@H](n2cnc3c(N)ncnc32)[C@H](O)[C@@H]1O. The van der Waals surface area contributed by atoms with Crippen molar-refractivity contribution in [2.24, 2.45) is 0 Å². The number of nitrogen functional groups attached to an aromatic ring is 1. The van der Waals surface area contributed by atoms with Crippen molar-refractivity contribution >= 4 is 17.0 Å². The van der Waals surface area contributed by atoms with Gasteiger partial charge in [-0.1, -0.05) is 5.92 Å². The van der Waals surface area contributed by atoms with Crippen molar-refractivity contribution in [1.82, 2.24) is 19.5 Å². The second kappa shape index (κ2) is 4.64. The van der Waals surface area contributed by atoms with E-state index in [2.05, 4.69) is 20.9 Å². The van der Waals surface area contributed by atoms with Crippen molar-refractivity contribution in [3.63, 3.8) is 0 Å². The van der Waals surface area contributed by atoms with E-state index >= 15 is 0 Å². The van der Waals surface area contributed by atoms with E-state index in [4.69, 9.17) is 16.9 Å². The molecule has 3 heterocycles. The number of terminal acetylenes is 1. The molecular weight excluding hydrogens is 278 g/mol. The summed E-state index contributed by atoms with van der Waals surface area (Å²) in [5.74, 6) is 2.36. The standard InChI is InChI=1S/C12H13N5O4/c1-2-12(3-18)8(20)7(19)11(21-12)17-5-16-6-9(13)14-4-15-10(6)17/h1,4-5,7-8,11,18-20H,3H2,(H2,13,14,15)/t7-,8+,11-,12-/m1/s1. The largest absolute Gasteiger partial charge is 0.392 e. The zero-order valence-corrected chi connectivity index (χ0v) is 10.8. The highest BCUT2D eigenvalue weighted by Crippen LogP contribution is 2.37. The topological polar surface area (TPSA) is 140 Å². The van der Waals surface area contributed by atoms with E-state index in [1.807, 2.05) is 0 Å². The number of nitrogens with zero attached hydrogens (tertiary/aromatic N) is 4. The molecule has 0 unspecified atom stereocenters. The van der Waals surface area contributed by atoms with Gasteiger partial charge in [0.25, 0.3) is 0 Å². The smallest absolute Gasteiger partial charge is 0.182 e. The van der Waals surface area contributed by atoms with Crippen molar-refractivity contribution in [3.8, 4) is 12.3 Å². The minimum atomic E-state index is -1.68. The van der Waals surface area contributed by atoms with Gasteiger partial charge in [0.1, 0.15) is 24.1 Å². The van der Waals surface area contributed by atoms with Gasteiger partial charge >= 0.3 is 0 Å². The third kappa shape index (κ3) is 1.78. The van der Waals surface area contributed by atoms with Crippen LogP contribution in [0.5, 0.6) is 0 Å². The molecule has 3 rings (SSSR count). The molecule has 2 aromatic rings. The number of imidazole rings is 1. The van der Waals surface area contributed by atoms with Gasteiger partial charge in [0.2, 0.25) is 0 Å². The number of hydrogen-bond donors (Lipinski definition) is 4. The first-order valence-electron chi connectivity index (χ1n) is 6.09. The summed E-state index contributed by atoms with van der Waals surface area (Å²) < 4.78 is 6.88. The molecule has 1 aliphatic heterocycles. The van der Waals surface area contributed by atoms with Gasteiger partial charge in [0.05, 0.1) is 12.9 Å². The average Bonchev–Trinajstić information content (AvgIpc) is 3.02. The fourth-order valence-electron chi connectivity index (χ4n) is 2.36. The van der Waals surface area contributed by atoms with Crippen LogP contribution in [0.3, 0.4) is 0 Å². The molecule has 21 heavy (non-hydrogen) atoms. The van der Waals surface area contributed by atoms with Crippen molar-refractivity contribution in [1.29, 1.82) is 0 Å². The lowest BCUT2D eigenvalue weighted by Crippen LogP contribution is -2.44. The van der Waals surface area contributed by atoms with Gasteiger partial charge in [0.15, 0.2) is 23.3 Å². The zero-order chi connectivity index (χ0) is 15.2. The van der Waals surface area contributed by atoms with Crippen LogP contribution in [0.25, 0.3) is 11.2 Å². The Hall–Kier alpha value is -2.25. The van der Waals surface area contributed by atoms with E-state index in [9.17, 15) is 15.3 Å². The van der Waals surface area contributed by atoms with Crippen LogP contribution in [-0.4, -0.2) is 59.3 Å². The monoisotopic (exact) mass is 291 g/mol. The molecule has 0 radical (unpaired) electrons. The van der Waals surface area contributed by atoms with E-state index in [0.29, 0.717) is 11.2 Å². The Labute approximate surface area is 119 Å². The Balaban J connectivity index is 2.08. The Morgan fingerprint density at radius 1 is 1.43 bits per heavy atom. The molecule has 110 valence electrons. The molecule has 5 N–H and O–H groups in total. The average molecular weight is 291 g/mol. The number of aliphatic hydroxyl groups excluding tert-OH is 3. The summed E-state index contributed by atoms with van der Waals surface area (Å²) in [6.45, 7) is -0.637. The molecule has 0 aromatic carbocycles. The van der Waals surface area contributed by atoms with Crippen molar-refractivity contribution in [3.05, 3.63) is 12.7 Å². The second-order valence-electron chi connectivity index (χ2n) is 4.72. The zero-order valence-electron chi connectivity index (χ0n) is 10.8.